The number of benzene rings is 1. The van der Waals surface area contributed by atoms with E-state index < -0.39 is 12.1 Å². The van der Waals surface area contributed by atoms with Gasteiger partial charge in [-0.2, -0.15) is 0 Å². The fourth-order valence-electron chi connectivity index (χ4n) is 1.20. The van der Waals surface area contributed by atoms with Gasteiger partial charge in [0.1, 0.15) is 0 Å². The molecular formula is C10H12O3. The van der Waals surface area contributed by atoms with Crippen molar-refractivity contribution in [2.45, 2.75) is 20.0 Å². The Morgan fingerprint density at radius 3 is 2.54 bits per heavy atom. The number of hydrogen-bond acceptors (Lipinski definition) is 2. The van der Waals surface area contributed by atoms with Crippen molar-refractivity contribution in [1.29, 1.82) is 0 Å². The molecule has 0 aromatic heterocycles. The summed E-state index contributed by atoms with van der Waals surface area (Å²) in [6.45, 7) is 3.68. The number of aliphatic hydroxyl groups is 1. The first-order chi connectivity index (χ1) is 6.04. The second-order valence-corrected chi connectivity index (χ2v) is 3.03. The molecule has 0 unspecified atom stereocenters. The zero-order chi connectivity index (χ0) is 10.0. The van der Waals surface area contributed by atoms with Crippen LogP contribution in [-0.2, 0) is 4.79 Å². The minimum Gasteiger partial charge on any atom is -0.479 e. The molecule has 1 rings (SSSR count). The van der Waals surface area contributed by atoms with Gasteiger partial charge in [0.25, 0.3) is 0 Å². The van der Waals surface area contributed by atoms with Crippen LogP contribution < -0.4 is 0 Å². The van der Waals surface area contributed by atoms with Crippen LogP contribution in [0.5, 0.6) is 0 Å². The maximum atomic E-state index is 10.5. The van der Waals surface area contributed by atoms with Gasteiger partial charge in [0.15, 0.2) is 6.10 Å². The number of aryl methyl sites for hydroxylation is 1. The van der Waals surface area contributed by atoms with Gasteiger partial charge in [-0.05, 0) is 30.5 Å². The zero-order valence-corrected chi connectivity index (χ0v) is 7.61. The van der Waals surface area contributed by atoms with Crippen molar-refractivity contribution in [2.75, 3.05) is 0 Å². The monoisotopic (exact) mass is 180 g/mol. The number of carboxylic acid groups (broad SMARTS) is 1. The SMILES string of the molecule is Cc1cccc([C@@H](O)C(=O)O)c1C. The molecule has 0 aliphatic rings. The second-order valence-electron chi connectivity index (χ2n) is 3.03. The molecule has 0 spiro atoms. The average Bonchev–Trinajstić information content (AvgIpc) is 2.08. The molecule has 13 heavy (non-hydrogen) atoms. The Balaban J connectivity index is 3.15. The van der Waals surface area contributed by atoms with Gasteiger partial charge >= 0.3 is 5.97 Å². The van der Waals surface area contributed by atoms with Crippen molar-refractivity contribution < 1.29 is 15.0 Å². The number of carbonyl (C=O) groups is 1. The molecular weight excluding hydrogens is 168 g/mol. The zero-order valence-electron chi connectivity index (χ0n) is 7.61. The first kappa shape index (κ1) is 9.74. The first-order valence-corrected chi connectivity index (χ1v) is 4.01. The minimum absolute atomic E-state index is 0.465. The average molecular weight is 180 g/mol. The van der Waals surface area contributed by atoms with Crippen molar-refractivity contribution in [1.82, 2.24) is 0 Å². The Hall–Kier alpha value is -1.35. The van der Waals surface area contributed by atoms with Gasteiger partial charge in [-0.25, -0.2) is 4.79 Å². The standard InChI is InChI=1S/C10H12O3/c1-6-4-3-5-8(7(6)2)9(11)10(12)13/h3-5,9,11H,1-2H3,(H,12,13)/t9-/m1/s1. The van der Waals surface area contributed by atoms with Crippen molar-refractivity contribution >= 4 is 5.97 Å². The molecule has 0 amide bonds. The van der Waals surface area contributed by atoms with Gasteiger partial charge in [-0.1, -0.05) is 18.2 Å². The van der Waals surface area contributed by atoms with Crippen LogP contribution in [0.3, 0.4) is 0 Å². The smallest absolute Gasteiger partial charge is 0.337 e. The van der Waals surface area contributed by atoms with E-state index in [1.54, 1.807) is 19.1 Å². The summed E-state index contributed by atoms with van der Waals surface area (Å²) >= 11 is 0. The third-order valence-corrected chi connectivity index (χ3v) is 2.18. The quantitative estimate of drug-likeness (QED) is 0.723. The molecule has 0 fully saturated rings. The van der Waals surface area contributed by atoms with Gasteiger partial charge in [0.2, 0.25) is 0 Å². The summed E-state index contributed by atoms with van der Waals surface area (Å²) < 4.78 is 0. The van der Waals surface area contributed by atoms with Crippen molar-refractivity contribution in [3.8, 4) is 0 Å². The second kappa shape index (κ2) is 3.58. The van der Waals surface area contributed by atoms with Gasteiger partial charge in [0, 0.05) is 0 Å². The molecule has 0 radical (unpaired) electrons. The predicted molar refractivity (Wildman–Crippen MR) is 48.5 cm³/mol. The largest absolute Gasteiger partial charge is 0.479 e. The van der Waals surface area contributed by atoms with E-state index in [4.69, 9.17) is 5.11 Å². The number of carboxylic acids is 1. The number of hydrogen-bond donors (Lipinski definition) is 2. The third kappa shape index (κ3) is 1.87. The van der Waals surface area contributed by atoms with Crippen molar-refractivity contribution in [3.05, 3.63) is 34.9 Å². The maximum absolute atomic E-state index is 10.5. The third-order valence-electron chi connectivity index (χ3n) is 2.18. The topological polar surface area (TPSA) is 57.5 Å². The van der Waals surface area contributed by atoms with E-state index in [-0.39, 0.29) is 0 Å². The van der Waals surface area contributed by atoms with E-state index in [0.29, 0.717) is 5.56 Å². The highest BCUT2D eigenvalue weighted by atomic mass is 16.4. The van der Waals surface area contributed by atoms with Gasteiger partial charge < -0.3 is 10.2 Å². The van der Waals surface area contributed by atoms with Crippen LogP contribution in [0.25, 0.3) is 0 Å². The lowest BCUT2D eigenvalue weighted by atomic mass is 9.99. The molecule has 0 aliphatic carbocycles. The summed E-state index contributed by atoms with van der Waals surface area (Å²) in [4.78, 5) is 10.5. The number of aliphatic carboxylic acids is 1. The van der Waals surface area contributed by atoms with Crippen LogP contribution in [0.1, 0.15) is 22.8 Å². The van der Waals surface area contributed by atoms with Crippen molar-refractivity contribution in [3.63, 3.8) is 0 Å². The summed E-state index contributed by atoms with van der Waals surface area (Å²) in [6.07, 6.45) is -1.42. The Morgan fingerprint density at radius 2 is 2.00 bits per heavy atom. The fraction of sp³-hybridized carbons (Fsp3) is 0.300. The molecule has 0 saturated carbocycles. The molecule has 3 heteroatoms. The van der Waals surface area contributed by atoms with Crippen LogP contribution in [0.2, 0.25) is 0 Å². The highest BCUT2D eigenvalue weighted by molar-refractivity contribution is 5.74. The predicted octanol–water partition coefficient (Wildman–Crippen LogP) is 1.42. The highest BCUT2D eigenvalue weighted by Crippen LogP contribution is 2.20. The lowest BCUT2D eigenvalue weighted by Crippen LogP contribution is -2.12. The molecule has 1 aromatic carbocycles. The van der Waals surface area contributed by atoms with E-state index >= 15 is 0 Å². The van der Waals surface area contributed by atoms with Crippen molar-refractivity contribution in [2.24, 2.45) is 0 Å². The summed E-state index contributed by atoms with van der Waals surface area (Å²) in [5.41, 5.74) is 2.28. The van der Waals surface area contributed by atoms with Crippen LogP contribution >= 0.6 is 0 Å². The van der Waals surface area contributed by atoms with E-state index in [2.05, 4.69) is 0 Å². The van der Waals surface area contributed by atoms with Crippen LogP contribution in [0, 0.1) is 13.8 Å². The van der Waals surface area contributed by atoms with E-state index in [9.17, 15) is 9.90 Å². The summed E-state index contributed by atoms with van der Waals surface area (Å²) in [5.74, 6) is -1.21. The molecule has 0 aliphatic heterocycles. The van der Waals surface area contributed by atoms with E-state index in [1.807, 2.05) is 13.0 Å². The van der Waals surface area contributed by atoms with Gasteiger partial charge in [0.05, 0.1) is 0 Å². The summed E-state index contributed by atoms with van der Waals surface area (Å²) in [7, 11) is 0. The molecule has 1 atom stereocenters. The Bertz CT molecular complexity index is 331. The molecule has 1 aromatic rings. The fourth-order valence-corrected chi connectivity index (χ4v) is 1.20. The molecule has 0 heterocycles. The minimum atomic E-state index is -1.42. The molecule has 0 bridgehead atoms. The Morgan fingerprint density at radius 1 is 1.38 bits per heavy atom. The normalized spacial score (nSPS) is 12.5. The highest BCUT2D eigenvalue weighted by Gasteiger charge is 2.17. The van der Waals surface area contributed by atoms with Crippen LogP contribution in [-0.4, -0.2) is 16.2 Å². The Labute approximate surface area is 76.6 Å². The first-order valence-electron chi connectivity index (χ1n) is 4.01. The van der Waals surface area contributed by atoms with Gasteiger partial charge in [-0.3, -0.25) is 0 Å². The maximum Gasteiger partial charge on any atom is 0.337 e. The van der Waals surface area contributed by atoms with E-state index in [0.717, 1.165) is 11.1 Å². The van der Waals surface area contributed by atoms with Crippen LogP contribution in [0.15, 0.2) is 18.2 Å². The molecule has 0 saturated heterocycles. The number of aliphatic hydroxyl groups excluding tert-OH is 1. The summed E-state index contributed by atoms with van der Waals surface area (Å²) in [5, 5.41) is 17.9. The Kier molecular flexibility index (Phi) is 2.68. The lowest BCUT2D eigenvalue weighted by molar-refractivity contribution is -0.147. The van der Waals surface area contributed by atoms with Gasteiger partial charge in [-0.15, -0.1) is 0 Å². The lowest BCUT2D eigenvalue weighted by Gasteiger charge is -2.10. The molecule has 70 valence electrons. The summed E-state index contributed by atoms with van der Waals surface area (Å²) in [6, 6.07) is 5.25. The van der Waals surface area contributed by atoms with Crippen LogP contribution in [0.4, 0.5) is 0 Å². The van der Waals surface area contributed by atoms with E-state index in [1.165, 1.54) is 0 Å². The molecule has 3 nitrogen and oxygen atoms in total. The molecule has 2 N–H and O–H groups in total. The number of rotatable bonds is 2.